The maximum absolute atomic E-state index is 9.77. The molecule has 0 amide bonds. The van der Waals surface area contributed by atoms with Crippen LogP contribution in [0.15, 0.2) is 6.07 Å². The van der Waals surface area contributed by atoms with Gasteiger partial charge in [-0.1, -0.05) is 18.0 Å². The second kappa shape index (κ2) is 7.03. The third-order valence-corrected chi connectivity index (χ3v) is 3.53. The molecule has 106 valence electrons. The van der Waals surface area contributed by atoms with Gasteiger partial charge in [-0.05, 0) is 19.8 Å². The van der Waals surface area contributed by atoms with Gasteiger partial charge in [-0.2, -0.15) is 0 Å². The first-order valence-corrected chi connectivity index (χ1v) is 7.10. The molecular formula is C13H20ClN3O2. The number of aromatic nitrogens is 2. The zero-order valence-corrected chi connectivity index (χ0v) is 11.9. The maximum Gasteiger partial charge on any atom is 0.158 e. The van der Waals surface area contributed by atoms with Gasteiger partial charge >= 0.3 is 0 Å². The quantitative estimate of drug-likeness (QED) is 0.785. The van der Waals surface area contributed by atoms with Crippen LogP contribution in [0.5, 0.6) is 0 Å². The molecule has 5 nitrogen and oxygen atoms in total. The summed E-state index contributed by atoms with van der Waals surface area (Å²) in [6.45, 7) is 3.61. The summed E-state index contributed by atoms with van der Waals surface area (Å²) in [5, 5.41) is 13.4. The minimum absolute atomic E-state index is 0.201. The average molecular weight is 286 g/mol. The molecule has 0 bridgehead atoms. The van der Waals surface area contributed by atoms with Crippen LogP contribution in [0.3, 0.4) is 0 Å². The van der Waals surface area contributed by atoms with Crippen molar-refractivity contribution in [2.75, 3.05) is 18.5 Å². The van der Waals surface area contributed by atoms with Gasteiger partial charge in [0.15, 0.2) is 5.82 Å². The Labute approximate surface area is 118 Å². The SMILES string of the molecule is CCOCc1nc(Cl)cc(NCC2CCCC2O)n1. The summed E-state index contributed by atoms with van der Waals surface area (Å²) in [5.74, 6) is 1.56. The second-order valence-electron chi connectivity index (χ2n) is 4.77. The third kappa shape index (κ3) is 4.30. The molecule has 1 saturated carbocycles. The summed E-state index contributed by atoms with van der Waals surface area (Å²) in [4.78, 5) is 8.45. The molecule has 0 aliphatic heterocycles. The lowest BCUT2D eigenvalue weighted by molar-refractivity contribution is 0.128. The van der Waals surface area contributed by atoms with Crippen LogP contribution in [0.25, 0.3) is 0 Å². The van der Waals surface area contributed by atoms with Crippen molar-refractivity contribution in [2.45, 2.75) is 38.9 Å². The molecule has 0 aromatic carbocycles. The summed E-state index contributed by atoms with van der Waals surface area (Å²) in [5.41, 5.74) is 0. The molecule has 0 radical (unpaired) electrons. The number of nitrogens with zero attached hydrogens (tertiary/aromatic N) is 2. The van der Waals surface area contributed by atoms with E-state index in [2.05, 4.69) is 15.3 Å². The molecule has 2 rings (SSSR count). The Morgan fingerprint density at radius 2 is 2.32 bits per heavy atom. The first-order valence-electron chi connectivity index (χ1n) is 6.72. The van der Waals surface area contributed by atoms with Crippen LogP contribution < -0.4 is 5.32 Å². The highest BCUT2D eigenvalue weighted by molar-refractivity contribution is 6.29. The van der Waals surface area contributed by atoms with Gasteiger partial charge in [-0.25, -0.2) is 9.97 Å². The lowest BCUT2D eigenvalue weighted by Crippen LogP contribution is -2.22. The number of hydrogen-bond donors (Lipinski definition) is 2. The normalized spacial score (nSPS) is 22.7. The minimum Gasteiger partial charge on any atom is -0.393 e. The van der Waals surface area contributed by atoms with Crippen LogP contribution in [-0.2, 0) is 11.3 Å². The van der Waals surface area contributed by atoms with Crippen molar-refractivity contribution in [1.29, 1.82) is 0 Å². The lowest BCUT2D eigenvalue weighted by atomic mass is 10.1. The van der Waals surface area contributed by atoms with E-state index in [9.17, 15) is 5.11 Å². The molecule has 1 aromatic heterocycles. The van der Waals surface area contributed by atoms with Crippen molar-refractivity contribution in [2.24, 2.45) is 5.92 Å². The van der Waals surface area contributed by atoms with E-state index in [-0.39, 0.29) is 6.10 Å². The molecule has 1 aromatic rings. The number of anilines is 1. The average Bonchev–Trinajstić information content (AvgIpc) is 2.79. The molecular weight excluding hydrogens is 266 g/mol. The largest absolute Gasteiger partial charge is 0.393 e. The second-order valence-corrected chi connectivity index (χ2v) is 5.16. The molecule has 2 N–H and O–H groups in total. The molecule has 0 saturated heterocycles. The predicted molar refractivity (Wildman–Crippen MR) is 74.2 cm³/mol. The van der Waals surface area contributed by atoms with Crippen LogP contribution >= 0.6 is 11.6 Å². The van der Waals surface area contributed by atoms with Crippen molar-refractivity contribution in [3.8, 4) is 0 Å². The van der Waals surface area contributed by atoms with Crippen molar-refractivity contribution in [3.63, 3.8) is 0 Å². The lowest BCUT2D eigenvalue weighted by Gasteiger charge is -2.15. The van der Waals surface area contributed by atoms with Crippen LogP contribution in [0.4, 0.5) is 5.82 Å². The van der Waals surface area contributed by atoms with E-state index < -0.39 is 0 Å². The van der Waals surface area contributed by atoms with Gasteiger partial charge in [0.1, 0.15) is 17.6 Å². The zero-order chi connectivity index (χ0) is 13.7. The van der Waals surface area contributed by atoms with E-state index in [1.165, 1.54) is 0 Å². The van der Waals surface area contributed by atoms with E-state index in [0.29, 0.717) is 42.5 Å². The van der Waals surface area contributed by atoms with E-state index in [1.54, 1.807) is 6.07 Å². The van der Waals surface area contributed by atoms with E-state index in [4.69, 9.17) is 16.3 Å². The molecule has 19 heavy (non-hydrogen) atoms. The molecule has 1 fully saturated rings. The molecule has 0 spiro atoms. The number of aliphatic hydroxyl groups excluding tert-OH is 1. The Hall–Kier alpha value is -0.910. The van der Waals surface area contributed by atoms with Gasteiger partial charge in [-0.3, -0.25) is 0 Å². The summed E-state index contributed by atoms with van der Waals surface area (Å²) >= 11 is 5.96. The fourth-order valence-corrected chi connectivity index (χ4v) is 2.51. The van der Waals surface area contributed by atoms with Crippen LogP contribution in [-0.4, -0.2) is 34.3 Å². The summed E-state index contributed by atoms with van der Waals surface area (Å²) < 4.78 is 5.27. The molecule has 2 unspecified atom stereocenters. The van der Waals surface area contributed by atoms with Gasteiger partial charge in [0, 0.05) is 25.1 Å². The smallest absolute Gasteiger partial charge is 0.158 e. The number of hydrogen-bond acceptors (Lipinski definition) is 5. The highest BCUT2D eigenvalue weighted by Gasteiger charge is 2.24. The summed E-state index contributed by atoms with van der Waals surface area (Å²) in [6.07, 6.45) is 2.84. The fraction of sp³-hybridized carbons (Fsp3) is 0.692. The summed E-state index contributed by atoms with van der Waals surface area (Å²) in [7, 11) is 0. The third-order valence-electron chi connectivity index (χ3n) is 3.34. The molecule has 6 heteroatoms. The summed E-state index contributed by atoms with van der Waals surface area (Å²) in [6, 6.07) is 1.69. The monoisotopic (exact) mass is 285 g/mol. The number of ether oxygens (including phenoxy) is 1. The molecule has 1 aliphatic rings. The van der Waals surface area contributed by atoms with Crippen LogP contribution in [0.1, 0.15) is 32.0 Å². The number of nitrogens with one attached hydrogen (secondary N) is 1. The van der Waals surface area contributed by atoms with Crippen molar-refractivity contribution >= 4 is 17.4 Å². The zero-order valence-electron chi connectivity index (χ0n) is 11.1. The van der Waals surface area contributed by atoms with Crippen molar-refractivity contribution in [1.82, 2.24) is 9.97 Å². The van der Waals surface area contributed by atoms with E-state index in [1.807, 2.05) is 6.92 Å². The van der Waals surface area contributed by atoms with Gasteiger partial charge in [0.2, 0.25) is 0 Å². The Kier molecular flexibility index (Phi) is 5.36. The van der Waals surface area contributed by atoms with E-state index >= 15 is 0 Å². The highest BCUT2D eigenvalue weighted by Crippen LogP contribution is 2.25. The predicted octanol–water partition coefficient (Wildman–Crippen LogP) is 2.24. The first-order chi connectivity index (χ1) is 9.19. The number of rotatable bonds is 6. The Balaban J connectivity index is 1.93. The Morgan fingerprint density at radius 1 is 1.47 bits per heavy atom. The fourth-order valence-electron chi connectivity index (χ4n) is 2.30. The van der Waals surface area contributed by atoms with Crippen LogP contribution in [0, 0.1) is 5.92 Å². The first kappa shape index (κ1) is 14.5. The van der Waals surface area contributed by atoms with Crippen molar-refractivity contribution < 1.29 is 9.84 Å². The van der Waals surface area contributed by atoms with Gasteiger partial charge in [0.05, 0.1) is 6.10 Å². The van der Waals surface area contributed by atoms with E-state index in [0.717, 1.165) is 19.3 Å². The minimum atomic E-state index is -0.201. The standard InChI is InChI=1S/C13H20ClN3O2/c1-2-19-8-13-16-11(14)6-12(17-13)15-7-9-4-3-5-10(9)18/h6,9-10,18H,2-5,7-8H2,1H3,(H,15,16,17). The number of halogens is 1. The Bertz CT molecular complexity index is 417. The van der Waals surface area contributed by atoms with Crippen LogP contribution in [0.2, 0.25) is 5.15 Å². The molecule has 1 aliphatic carbocycles. The van der Waals surface area contributed by atoms with Crippen molar-refractivity contribution in [3.05, 3.63) is 17.0 Å². The topological polar surface area (TPSA) is 67.3 Å². The Morgan fingerprint density at radius 3 is 3.00 bits per heavy atom. The van der Waals surface area contributed by atoms with Gasteiger partial charge in [0.25, 0.3) is 0 Å². The number of aliphatic hydroxyl groups is 1. The highest BCUT2D eigenvalue weighted by atomic mass is 35.5. The molecule has 1 heterocycles. The molecule has 2 atom stereocenters. The van der Waals surface area contributed by atoms with Gasteiger partial charge < -0.3 is 15.2 Å². The van der Waals surface area contributed by atoms with Gasteiger partial charge in [-0.15, -0.1) is 0 Å². The maximum atomic E-state index is 9.77.